The molecule has 2 heterocycles. The number of aryl methyl sites for hydroxylation is 1. The van der Waals surface area contributed by atoms with Gasteiger partial charge in [0.1, 0.15) is 5.01 Å². The van der Waals surface area contributed by atoms with Crippen molar-refractivity contribution in [1.29, 1.82) is 0 Å². The zero-order valence-corrected chi connectivity index (χ0v) is 11.9. The molecule has 0 amide bonds. The number of thiazole rings is 1. The summed E-state index contributed by atoms with van der Waals surface area (Å²) >= 11 is 1.89. The van der Waals surface area contributed by atoms with Crippen LogP contribution in [0.4, 0.5) is 0 Å². The molecule has 0 saturated carbocycles. The normalized spacial score (nSPS) is 23.9. The summed E-state index contributed by atoms with van der Waals surface area (Å²) in [6.07, 6.45) is 3.72. The SMILES string of the molecule is CCCC1(c2nc3cc(C)ccc3s2)CCNC1. The molecule has 1 atom stereocenters. The lowest BCUT2D eigenvalue weighted by molar-refractivity contribution is 0.426. The monoisotopic (exact) mass is 260 g/mol. The van der Waals surface area contributed by atoms with Crippen molar-refractivity contribution in [3.8, 4) is 0 Å². The van der Waals surface area contributed by atoms with Gasteiger partial charge in [0.25, 0.3) is 0 Å². The number of hydrogen-bond acceptors (Lipinski definition) is 3. The van der Waals surface area contributed by atoms with Crippen molar-refractivity contribution >= 4 is 21.6 Å². The Balaban J connectivity index is 2.06. The van der Waals surface area contributed by atoms with Gasteiger partial charge in [0.2, 0.25) is 0 Å². The molecule has 96 valence electrons. The lowest BCUT2D eigenvalue weighted by Crippen LogP contribution is -2.28. The highest BCUT2D eigenvalue weighted by Crippen LogP contribution is 2.39. The summed E-state index contributed by atoms with van der Waals surface area (Å²) < 4.78 is 1.33. The quantitative estimate of drug-likeness (QED) is 0.911. The van der Waals surface area contributed by atoms with Gasteiger partial charge >= 0.3 is 0 Å². The molecule has 0 spiro atoms. The van der Waals surface area contributed by atoms with Crippen LogP contribution < -0.4 is 5.32 Å². The molecule has 3 rings (SSSR count). The van der Waals surface area contributed by atoms with Crippen LogP contribution in [0.2, 0.25) is 0 Å². The topological polar surface area (TPSA) is 24.9 Å². The van der Waals surface area contributed by atoms with E-state index >= 15 is 0 Å². The van der Waals surface area contributed by atoms with Crippen molar-refractivity contribution in [2.24, 2.45) is 0 Å². The second-order valence-corrected chi connectivity index (χ2v) is 6.48. The highest BCUT2D eigenvalue weighted by Gasteiger charge is 2.37. The zero-order valence-electron chi connectivity index (χ0n) is 11.1. The van der Waals surface area contributed by atoms with E-state index in [-0.39, 0.29) is 0 Å². The Morgan fingerprint density at radius 2 is 2.33 bits per heavy atom. The van der Waals surface area contributed by atoms with Gasteiger partial charge in [-0.15, -0.1) is 11.3 Å². The van der Waals surface area contributed by atoms with Crippen LogP contribution in [-0.4, -0.2) is 18.1 Å². The summed E-state index contributed by atoms with van der Waals surface area (Å²) in [5.74, 6) is 0. The van der Waals surface area contributed by atoms with Gasteiger partial charge in [0.05, 0.1) is 10.2 Å². The predicted octanol–water partition coefficient (Wildman–Crippen LogP) is 3.64. The van der Waals surface area contributed by atoms with Gasteiger partial charge in [0.15, 0.2) is 0 Å². The smallest absolute Gasteiger partial charge is 0.101 e. The van der Waals surface area contributed by atoms with Crippen molar-refractivity contribution in [3.63, 3.8) is 0 Å². The third kappa shape index (κ3) is 1.95. The highest BCUT2D eigenvalue weighted by molar-refractivity contribution is 7.18. The van der Waals surface area contributed by atoms with Crippen LogP contribution in [0.5, 0.6) is 0 Å². The van der Waals surface area contributed by atoms with Crippen molar-refractivity contribution in [3.05, 3.63) is 28.8 Å². The number of hydrogen-bond donors (Lipinski definition) is 1. The van der Waals surface area contributed by atoms with Crippen LogP contribution in [0.15, 0.2) is 18.2 Å². The molecule has 0 radical (unpaired) electrons. The van der Waals surface area contributed by atoms with Gasteiger partial charge < -0.3 is 5.32 Å². The molecule has 1 unspecified atom stereocenters. The average molecular weight is 260 g/mol. The molecule has 0 aliphatic carbocycles. The Morgan fingerprint density at radius 1 is 1.44 bits per heavy atom. The van der Waals surface area contributed by atoms with Crippen LogP contribution in [0, 0.1) is 6.92 Å². The van der Waals surface area contributed by atoms with E-state index in [1.54, 1.807) is 0 Å². The molecule has 1 N–H and O–H groups in total. The standard InChI is InChI=1S/C15H20N2S/c1-3-6-15(7-8-16-10-15)14-17-12-9-11(2)4-5-13(12)18-14/h4-5,9,16H,3,6-8,10H2,1-2H3. The number of fused-ring (bicyclic) bond motifs is 1. The van der Waals surface area contributed by atoms with Gasteiger partial charge in [0, 0.05) is 12.0 Å². The fraction of sp³-hybridized carbons (Fsp3) is 0.533. The van der Waals surface area contributed by atoms with E-state index < -0.39 is 0 Å². The van der Waals surface area contributed by atoms with Gasteiger partial charge in [-0.3, -0.25) is 0 Å². The number of aromatic nitrogens is 1. The lowest BCUT2D eigenvalue weighted by atomic mass is 9.83. The first-order chi connectivity index (χ1) is 8.73. The zero-order chi connectivity index (χ0) is 12.6. The van der Waals surface area contributed by atoms with Crippen molar-refractivity contribution in [1.82, 2.24) is 10.3 Å². The molecule has 1 fully saturated rings. The van der Waals surface area contributed by atoms with Crippen molar-refractivity contribution in [2.75, 3.05) is 13.1 Å². The molecule has 1 aromatic heterocycles. The fourth-order valence-corrected chi connectivity index (χ4v) is 4.18. The molecular weight excluding hydrogens is 240 g/mol. The summed E-state index contributed by atoms with van der Waals surface area (Å²) in [6.45, 7) is 6.64. The fourth-order valence-electron chi connectivity index (χ4n) is 2.99. The predicted molar refractivity (Wildman–Crippen MR) is 78.4 cm³/mol. The molecule has 18 heavy (non-hydrogen) atoms. The molecular formula is C15H20N2S. The van der Waals surface area contributed by atoms with E-state index in [1.807, 2.05) is 11.3 Å². The maximum Gasteiger partial charge on any atom is 0.101 e. The third-order valence-electron chi connectivity index (χ3n) is 3.97. The minimum Gasteiger partial charge on any atom is -0.316 e. The first-order valence-electron chi connectivity index (χ1n) is 6.82. The Bertz CT molecular complexity index is 553. The van der Waals surface area contributed by atoms with Crippen molar-refractivity contribution in [2.45, 2.75) is 38.5 Å². The summed E-state index contributed by atoms with van der Waals surface area (Å²) in [5.41, 5.74) is 2.78. The second-order valence-electron chi connectivity index (χ2n) is 5.45. The van der Waals surface area contributed by atoms with E-state index in [4.69, 9.17) is 4.98 Å². The van der Waals surface area contributed by atoms with Crippen LogP contribution in [0.1, 0.15) is 36.8 Å². The molecule has 0 bridgehead atoms. The third-order valence-corrected chi connectivity index (χ3v) is 5.25. The van der Waals surface area contributed by atoms with Gasteiger partial charge in [-0.1, -0.05) is 19.4 Å². The summed E-state index contributed by atoms with van der Waals surface area (Å²) in [5, 5.41) is 4.86. The largest absolute Gasteiger partial charge is 0.316 e. The van der Waals surface area contributed by atoms with E-state index in [2.05, 4.69) is 37.4 Å². The second kappa shape index (κ2) is 4.63. The van der Waals surface area contributed by atoms with Crippen LogP contribution in [-0.2, 0) is 5.41 Å². The number of nitrogens with one attached hydrogen (secondary N) is 1. The van der Waals surface area contributed by atoms with Gasteiger partial charge in [-0.05, 0) is 44.0 Å². The Kier molecular flexibility index (Phi) is 3.12. The molecule has 1 saturated heterocycles. The maximum atomic E-state index is 4.92. The number of rotatable bonds is 3. The molecule has 1 aromatic carbocycles. The van der Waals surface area contributed by atoms with E-state index in [1.165, 1.54) is 40.1 Å². The molecule has 1 aliphatic heterocycles. The van der Waals surface area contributed by atoms with E-state index in [0.717, 1.165) is 13.1 Å². The first kappa shape index (κ1) is 12.1. The molecule has 2 nitrogen and oxygen atoms in total. The molecule has 3 heteroatoms. The van der Waals surface area contributed by atoms with Crippen molar-refractivity contribution < 1.29 is 0 Å². The number of nitrogens with zero attached hydrogens (tertiary/aromatic N) is 1. The minimum atomic E-state index is 0.298. The highest BCUT2D eigenvalue weighted by atomic mass is 32.1. The van der Waals surface area contributed by atoms with E-state index in [0.29, 0.717) is 5.41 Å². The first-order valence-corrected chi connectivity index (χ1v) is 7.63. The van der Waals surface area contributed by atoms with Crippen LogP contribution >= 0.6 is 11.3 Å². The maximum absolute atomic E-state index is 4.92. The average Bonchev–Trinajstić information content (AvgIpc) is 2.95. The van der Waals surface area contributed by atoms with Crippen LogP contribution in [0.3, 0.4) is 0 Å². The van der Waals surface area contributed by atoms with Gasteiger partial charge in [-0.2, -0.15) is 0 Å². The van der Waals surface area contributed by atoms with E-state index in [9.17, 15) is 0 Å². The minimum absolute atomic E-state index is 0.298. The Hall–Kier alpha value is -0.930. The summed E-state index contributed by atoms with van der Waals surface area (Å²) in [6, 6.07) is 6.61. The number of benzene rings is 1. The summed E-state index contributed by atoms with van der Waals surface area (Å²) in [4.78, 5) is 4.92. The lowest BCUT2D eigenvalue weighted by Gasteiger charge is -2.24. The Labute approximate surface area is 112 Å². The Morgan fingerprint density at radius 3 is 3.06 bits per heavy atom. The summed E-state index contributed by atoms with van der Waals surface area (Å²) in [7, 11) is 0. The molecule has 1 aliphatic rings. The molecule has 2 aromatic rings. The van der Waals surface area contributed by atoms with Gasteiger partial charge in [-0.25, -0.2) is 4.98 Å². The van der Waals surface area contributed by atoms with Crippen LogP contribution in [0.25, 0.3) is 10.2 Å².